The predicted molar refractivity (Wildman–Crippen MR) is 78.5 cm³/mol. The molecule has 0 aliphatic carbocycles. The second-order valence-corrected chi connectivity index (χ2v) is 5.24. The van der Waals surface area contributed by atoms with Gasteiger partial charge in [-0.3, -0.25) is 9.48 Å². The van der Waals surface area contributed by atoms with E-state index < -0.39 is 5.97 Å². The summed E-state index contributed by atoms with van der Waals surface area (Å²) in [6.07, 6.45) is 5.08. The number of hydrogen-bond acceptors (Lipinski definition) is 4. The monoisotopic (exact) mass is 291 g/mol. The predicted octanol–water partition coefficient (Wildman–Crippen LogP) is 1.22. The molecule has 0 unspecified atom stereocenters. The van der Waals surface area contributed by atoms with E-state index in [1.165, 1.54) is 6.08 Å². The van der Waals surface area contributed by atoms with Crippen molar-refractivity contribution in [3.8, 4) is 0 Å². The number of ether oxygens (including phenoxy) is 1. The molecular formula is C15H21N3O3. The van der Waals surface area contributed by atoms with Gasteiger partial charge in [0.25, 0.3) is 5.91 Å². The summed E-state index contributed by atoms with van der Waals surface area (Å²) in [5.74, 6) is -0.631. The Bertz CT molecular complexity index is 569. The molecule has 0 N–H and O–H groups in total. The van der Waals surface area contributed by atoms with Crippen molar-refractivity contribution < 1.29 is 14.3 Å². The van der Waals surface area contributed by atoms with Crippen LogP contribution in [0.4, 0.5) is 0 Å². The van der Waals surface area contributed by atoms with Gasteiger partial charge >= 0.3 is 5.97 Å². The summed E-state index contributed by atoms with van der Waals surface area (Å²) in [7, 11) is 1.85. The average Bonchev–Trinajstić information content (AvgIpc) is 3.05. The highest BCUT2D eigenvalue weighted by Gasteiger charge is 2.18. The standard InChI is InChI=1S/C15H21N3O3/c1-11-13(12(2)17(3)16-11)6-7-15(20)21-10-14(19)18-8-4-5-9-18/h6-7H,4-5,8-10H2,1-3H3/b7-6+. The number of aryl methyl sites for hydroxylation is 2. The van der Waals surface area contributed by atoms with Gasteiger partial charge in [0.1, 0.15) is 0 Å². The number of esters is 1. The first-order valence-electron chi connectivity index (χ1n) is 7.12. The lowest BCUT2D eigenvalue weighted by atomic mass is 10.2. The highest BCUT2D eigenvalue weighted by Crippen LogP contribution is 2.13. The van der Waals surface area contributed by atoms with Gasteiger partial charge in [-0.15, -0.1) is 0 Å². The fourth-order valence-electron chi connectivity index (χ4n) is 2.42. The van der Waals surface area contributed by atoms with Crippen molar-refractivity contribution in [3.63, 3.8) is 0 Å². The van der Waals surface area contributed by atoms with Crippen molar-refractivity contribution in [1.82, 2.24) is 14.7 Å². The van der Waals surface area contributed by atoms with Gasteiger partial charge in [-0.1, -0.05) is 0 Å². The molecule has 1 aliphatic heterocycles. The second-order valence-electron chi connectivity index (χ2n) is 5.24. The van der Waals surface area contributed by atoms with E-state index in [2.05, 4.69) is 5.10 Å². The summed E-state index contributed by atoms with van der Waals surface area (Å²) < 4.78 is 6.74. The van der Waals surface area contributed by atoms with Crippen LogP contribution in [0.25, 0.3) is 6.08 Å². The molecule has 6 nitrogen and oxygen atoms in total. The number of likely N-dealkylation sites (tertiary alicyclic amines) is 1. The molecule has 0 saturated carbocycles. The fraction of sp³-hybridized carbons (Fsp3) is 0.533. The van der Waals surface area contributed by atoms with Gasteiger partial charge in [0, 0.05) is 37.5 Å². The van der Waals surface area contributed by atoms with E-state index in [-0.39, 0.29) is 12.5 Å². The van der Waals surface area contributed by atoms with Crippen LogP contribution in [-0.2, 0) is 21.4 Å². The Balaban J connectivity index is 1.86. The summed E-state index contributed by atoms with van der Waals surface area (Å²) in [6, 6.07) is 0. The van der Waals surface area contributed by atoms with Crippen molar-refractivity contribution in [1.29, 1.82) is 0 Å². The highest BCUT2D eigenvalue weighted by atomic mass is 16.5. The largest absolute Gasteiger partial charge is 0.452 e. The van der Waals surface area contributed by atoms with E-state index in [1.807, 2.05) is 20.9 Å². The van der Waals surface area contributed by atoms with E-state index in [0.29, 0.717) is 0 Å². The lowest BCUT2D eigenvalue weighted by Gasteiger charge is -2.14. The summed E-state index contributed by atoms with van der Waals surface area (Å²) in [5.41, 5.74) is 2.73. The van der Waals surface area contributed by atoms with Crippen LogP contribution in [0.2, 0.25) is 0 Å². The van der Waals surface area contributed by atoms with Gasteiger partial charge in [0.05, 0.1) is 5.69 Å². The van der Waals surface area contributed by atoms with Crippen LogP contribution in [0.3, 0.4) is 0 Å². The number of hydrogen-bond donors (Lipinski definition) is 0. The van der Waals surface area contributed by atoms with Gasteiger partial charge in [-0.05, 0) is 32.8 Å². The van der Waals surface area contributed by atoms with Gasteiger partial charge in [0.2, 0.25) is 0 Å². The zero-order chi connectivity index (χ0) is 15.4. The fourth-order valence-corrected chi connectivity index (χ4v) is 2.42. The van der Waals surface area contributed by atoms with Crippen LogP contribution in [-0.4, -0.2) is 46.3 Å². The molecule has 1 aromatic rings. The molecule has 0 spiro atoms. The summed E-state index contributed by atoms with van der Waals surface area (Å²) in [5, 5.41) is 4.27. The maximum absolute atomic E-state index is 11.7. The third-order valence-electron chi connectivity index (χ3n) is 3.75. The normalized spacial score (nSPS) is 14.9. The molecule has 2 heterocycles. The zero-order valence-corrected chi connectivity index (χ0v) is 12.8. The Hall–Kier alpha value is -2.11. The van der Waals surface area contributed by atoms with E-state index in [4.69, 9.17) is 4.74 Å². The molecule has 0 radical (unpaired) electrons. The molecule has 1 saturated heterocycles. The number of aromatic nitrogens is 2. The van der Waals surface area contributed by atoms with Crippen molar-refractivity contribution in [2.45, 2.75) is 26.7 Å². The van der Waals surface area contributed by atoms with Crippen LogP contribution in [0, 0.1) is 13.8 Å². The lowest BCUT2D eigenvalue weighted by molar-refractivity contribution is -0.147. The van der Waals surface area contributed by atoms with E-state index in [0.717, 1.165) is 42.9 Å². The number of rotatable bonds is 4. The Morgan fingerprint density at radius 1 is 1.29 bits per heavy atom. The maximum Gasteiger partial charge on any atom is 0.331 e. The van der Waals surface area contributed by atoms with Gasteiger partial charge in [0.15, 0.2) is 6.61 Å². The second kappa shape index (κ2) is 6.56. The third-order valence-corrected chi connectivity index (χ3v) is 3.75. The lowest BCUT2D eigenvalue weighted by Crippen LogP contribution is -2.31. The van der Waals surface area contributed by atoms with Crippen LogP contribution in [0.15, 0.2) is 6.08 Å². The molecule has 1 amide bonds. The quantitative estimate of drug-likeness (QED) is 0.618. The first-order valence-corrected chi connectivity index (χ1v) is 7.12. The summed E-state index contributed by atoms with van der Waals surface area (Å²) >= 11 is 0. The van der Waals surface area contributed by atoms with Crippen LogP contribution < -0.4 is 0 Å². The third kappa shape index (κ3) is 3.71. The smallest absolute Gasteiger partial charge is 0.331 e. The topological polar surface area (TPSA) is 64.4 Å². The van der Waals surface area contributed by atoms with E-state index >= 15 is 0 Å². The van der Waals surface area contributed by atoms with Crippen LogP contribution >= 0.6 is 0 Å². The van der Waals surface area contributed by atoms with Crippen LogP contribution in [0.5, 0.6) is 0 Å². The van der Waals surface area contributed by atoms with Crippen LogP contribution in [0.1, 0.15) is 29.8 Å². The average molecular weight is 291 g/mol. The first kappa shape index (κ1) is 15.3. The molecule has 6 heteroatoms. The molecule has 21 heavy (non-hydrogen) atoms. The number of amides is 1. The van der Waals surface area contributed by atoms with Gasteiger partial charge < -0.3 is 9.64 Å². The number of carbonyl (C=O) groups excluding carboxylic acids is 2. The molecular weight excluding hydrogens is 270 g/mol. The highest BCUT2D eigenvalue weighted by molar-refractivity contribution is 5.89. The molecule has 0 aromatic carbocycles. The Labute approximate surface area is 124 Å². The van der Waals surface area contributed by atoms with Crippen molar-refractivity contribution in [3.05, 3.63) is 23.0 Å². The maximum atomic E-state index is 11.7. The molecule has 1 aromatic heterocycles. The number of carbonyl (C=O) groups is 2. The Morgan fingerprint density at radius 3 is 2.52 bits per heavy atom. The van der Waals surface area contributed by atoms with E-state index in [9.17, 15) is 9.59 Å². The molecule has 1 aliphatic rings. The van der Waals surface area contributed by atoms with Crippen molar-refractivity contribution in [2.75, 3.05) is 19.7 Å². The van der Waals surface area contributed by atoms with Crippen molar-refractivity contribution >= 4 is 18.0 Å². The molecule has 114 valence electrons. The minimum Gasteiger partial charge on any atom is -0.452 e. The van der Waals surface area contributed by atoms with E-state index in [1.54, 1.807) is 15.7 Å². The van der Waals surface area contributed by atoms with Crippen molar-refractivity contribution in [2.24, 2.45) is 7.05 Å². The molecule has 0 atom stereocenters. The van der Waals surface area contributed by atoms with Gasteiger partial charge in [-0.2, -0.15) is 5.10 Å². The minimum atomic E-state index is -0.509. The summed E-state index contributed by atoms with van der Waals surface area (Å²) in [4.78, 5) is 25.1. The molecule has 1 fully saturated rings. The SMILES string of the molecule is Cc1nn(C)c(C)c1/C=C/C(=O)OCC(=O)N1CCCC1. The minimum absolute atomic E-state index is 0.122. The molecule has 2 rings (SSSR count). The Kier molecular flexibility index (Phi) is 4.77. The zero-order valence-electron chi connectivity index (χ0n) is 12.8. The first-order chi connectivity index (χ1) is 9.99. The number of nitrogens with zero attached hydrogens (tertiary/aromatic N) is 3. The Morgan fingerprint density at radius 2 is 1.95 bits per heavy atom. The van der Waals surface area contributed by atoms with Gasteiger partial charge in [-0.25, -0.2) is 4.79 Å². The summed E-state index contributed by atoms with van der Waals surface area (Å²) in [6.45, 7) is 5.16. The molecule has 0 bridgehead atoms.